The van der Waals surface area contributed by atoms with Crippen LogP contribution in [0, 0.1) is 11.3 Å². The summed E-state index contributed by atoms with van der Waals surface area (Å²) < 4.78 is 5.65. The van der Waals surface area contributed by atoms with Crippen LogP contribution in [0.2, 0.25) is 0 Å². The number of fused-ring (bicyclic) bond motifs is 1. The Bertz CT molecular complexity index is 887. The van der Waals surface area contributed by atoms with E-state index in [9.17, 15) is 9.90 Å². The molecule has 1 atom stereocenters. The molecule has 0 fully saturated rings. The van der Waals surface area contributed by atoms with Gasteiger partial charge in [-0.05, 0) is 68.7 Å². The highest BCUT2D eigenvalue weighted by Gasteiger charge is 2.24. The van der Waals surface area contributed by atoms with E-state index >= 15 is 0 Å². The van der Waals surface area contributed by atoms with Crippen molar-refractivity contribution in [2.75, 3.05) is 24.6 Å². The first-order chi connectivity index (χ1) is 14.0. The Labute approximate surface area is 171 Å². The molecular formula is C23H27N3O3. The molecule has 3 rings (SSSR count). The number of nitrogens with zero attached hydrogens (tertiary/aromatic N) is 2. The largest absolute Gasteiger partial charge is 0.491 e. The van der Waals surface area contributed by atoms with Crippen LogP contribution in [0.4, 0.5) is 5.69 Å². The van der Waals surface area contributed by atoms with E-state index in [2.05, 4.69) is 16.3 Å². The van der Waals surface area contributed by atoms with Gasteiger partial charge in [-0.3, -0.25) is 4.79 Å². The number of carbonyl (C=O) groups excluding carboxylic acids is 1. The first-order valence-electron chi connectivity index (χ1n) is 9.96. The fourth-order valence-electron chi connectivity index (χ4n) is 3.57. The summed E-state index contributed by atoms with van der Waals surface area (Å²) in [7, 11) is 0. The Morgan fingerprint density at radius 3 is 2.72 bits per heavy atom. The molecule has 152 valence electrons. The third-order valence-electron chi connectivity index (χ3n) is 4.87. The number of carbonyl (C=O) groups is 1. The molecule has 2 N–H and O–H groups in total. The van der Waals surface area contributed by atoms with Crippen molar-refractivity contribution in [3.8, 4) is 11.8 Å². The number of amides is 1. The second-order valence-corrected chi connectivity index (χ2v) is 7.58. The number of hydrogen-bond donors (Lipinski definition) is 2. The molecule has 29 heavy (non-hydrogen) atoms. The predicted molar refractivity (Wildman–Crippen MR) is 112 cm³/mol. The smallest absolute Gasteiger partial charge is 0.251 e. The monoisotopic (exact) mass is 393 g/mol. The molecule has 0 bridgehead atoms. The average molecular weight is 393 g/mol. The molecule has 1 heterocycles. The van der Waals surface area contributed by atoms with E-state index in [-0.39, 0.29) is 18.6 Å². The number of nitriles is 1. The van der Waals surface area contributed by atoms with Crippen LogP contribution in [0.25, 0.3) is 0 Å². The van der Waals surface area contributed by atoms with Crippen molar-refractivity contribution in [1.29, 1.82) is 5.26 Å². The fourth-order valence-corrected chi connectivity index (χ4v) is 3.57. The summed E-state index contributed by atoms with van der Waals surface area (Å²) >= 11 is 0. The van der Waals surface area contributed by atoms with E-state index < -0.39 is 6.10 Å². The standard InChI is InChI=1S/C23H27N3O3/c1-16(2)25-23(28)21-5-3-7-22-20(21)6-4-12-26(22)14-18(27)15-29-19-10-8-17(13-24)9-11-19/h3,5,7-11,16,18,27H,4,6,12,14-15H2,1-2H3,(H,25,28). The second kappa shape index (κ2) is 9.44. The van der Waals surface area contributed by atoms with Gasteiger partial charge in [0, 0.05) is 30.4 Å². The predicted octanol–water partition coefficient (Wildman–Crippen LogP) is 2.89. The van der Waals surface area contributed by atoms with Gasteiger partial charge in [0.25, 0.3) is 5.91 Å². The van der Waals surface area contributed by atoms with Crippen LogP contribution >= 0.6 is 0 Å². The van der Waals surface area contributed by atoms with E-state index in [1.165, 1.54) is 0 Å². The third-order valence-corrected chi connectivity index (χ3v) is 4.87. The number of nitrogens with one attached hydrogen (secondary N) is 1. The van der Waals surface area contributed by atoms with Gasteiger partial charge in [0.05, 0.1) is 11.6 Å². The zero-order valence-corrected chi connectivity index (χ0v) is 16.9. The molecule has 1 unspecified atom stereocenters. The second-order valence-electron chi connectivity index (χ2n) is 7.58. The Balaban J connectivity index is 1.65. The molecule has 6 heteroatoms. The molecule has 0 aliphatic carbocycles. The van der Waals surface area contributed by atoms with Gasteiger partial charge in [-0.15, -0.1) is 0 Å². The fraction of sp³-hybridized carbons (Fsp3) is 0.391. The van der Waals surface area contributed by atoms with Crippen LogP contribution in [-0.4, -0.2) is 42.9 Å². The van der Waals surface area contributed by atoms with E-state index in [1.807, 2.05) is 32.0 Å². The van der Waals surface area contributed by atoms with E-state index in [0.717, 1.165) is 30.6 Å². The van der Waals surface area contributed by atoms with E-state index in [4.69, 9.17) is 10.00 Å². The lowest BCUT2D eigenvalue weighted by molar-refractivity contribution is 0.0942. The molecule has 0 saturated carbocycles. The Morgan fingerprint density at radius 2 is 2.03 bits per heavy atom. The highest BCUT2D eigenvalue weighted by Crippen LogP contribution is 2.30. The van der Waals surface area contributed by atoms with Crippen molar-refractivity contribution in [3.05, 3.63) is 59.2 Å². The highest BCUT2D eigenvalue weighted by molar-refractivity contribution is 5.97. The molecule has 1 aliphatic rings. The third kappa shape index (κ3) is 5.27. The van der Waals surface area contributed by atoms with Gasteiger partial charge in [-0.1, -0.05) is 6.07 Å². The van der Waals surface area contributed by atoms with Gasteiger partial charge in [-0.2, -0.15) is 5.26 Å². The summed E-state index contributed by atoms with van der Waals surface area (Å²) in [6.07, 6.45) is 1.11. The van der Waals surface area contributed by atoms with Gasteiger partial charge in [-0.25, -0.2) is 0 Å². The van der Waals surface area contributed by atoms with E-state index in [1.54, 1.807) is 24.3 Å². The van der Waals surface area contributed by atoms with Gasteiger partial charge in [0.15, 0.2) is 0 Å². The number of ether oxygens (including phenoxy) is 1. The topological polar surface area (TPSA) is 85.6 Å². The van der Waals surface area contributed by atoms with Crippen LogP contribution in [0.5, 0.6) is 5.75 Å². The molecule has 0 spiro atoms. The van der Waals surface area contributed by atoms with Crippen molar-refractivity contribution in [1.82, 2.24) is 5.32 Å². The minimum absolute atomic E-state index is 0.0524. The number of anilines is 1. The average Bonchev–Trinajstić information content (AvgIpc) is 2.72. The van der Waals surface area contributed by atoms with Gasteiger partial charge in [0.1, 0.15) is 18.5 Å². The minimum Gasteiger partial charge on any atom is -0.491 e. The number of benzene rings is 2. The first-order valence-corrected chi connectivity index (χ1v) is 9.96. The maximum absolute atomic E-state index is 12.5. The van der Waals surface area contributed by atoms with Crippen LogP contribution in [0.1, 0.15) is 41.8 Å². The molecule has 1 aliphatic heterocycles. The molecule has 6 nitrogen and oxygen atoms in total. The molecule has 1 amide bonds. The number of β-amino-alcohol motifs (C(OH)–C–C–N with tert-alkyl or cyclic N) is 1. The van der Waals surface area contributed by atoms with Crippen LogP contribution in [-0.2, 0) is 6.42 Å². The van der Waals surface area contributed by atoms with Crippen molar-refractivity contribution < 1.29 is 14.6 Å². The number of aliphatic hydroxyl groups is 1. The Morgan fingerprint density at radius 1 is 1.28 bits per heavy atom. The molecule has 2 aromatic carbocycles. The van der Waals surface area contributed by atoms with Crippen molar-refractivity contribution in [2.45, 2.75) is 38.8 Å². The van der Waals surface area contributed by atoms with Crippen molar-refractivity contribution >= 4 is 11.6 Å². The normalized spacial score (nSPS) is 14.1. The Kier molecular flexibility index (Phi) is 6.73. The van der Waals surface area contributed by atoms with E-state index in [0.29, 0.717) is 23.4 Å². The molecule has 0 radical (unpaired) electrons. The summed E-state index contributed by atoms with van der Waals surface area (Å²) in [5, 5.41) is 22.3. The minimum atomic E-state index is -0.676. The molecule has 0 aromatic heterocycles. The molecule has 2 aromatic rings. The summed E-state index contributed by atoms with van der Waals surface area (Å²) in [5.41, 5.74) is 3.33. The lowest BCUT2D eigenvalue weighted by Gasteiger charge is -2.33. The lowest BCUT2D eigenvalue weighted by atomic mass is 9.95. The summed E-state index contributed by atoms with van der Waals surface area (Å²) in [4.78, 5) is 14.7. The number of rotatable bonds is 7. The summed E-state index contributed by atoms with van der Waals surface area (Å²) in [6, 6.07) is 14.7. The summed E-state index contributed by atoms with van der Waals surface area (Å²) in [6.45, 7) is 5.31. The first kappa shape index (κ1) is 20.7. The van der Waals surface area contributed by atoms with Gasteiger partial charge < -0.3 is 20.1 Å². The number of hydrogen-bond acceptors (Lipinski definition) is 5. The lowest BCUT2D eigenvalue weighted by Crippen LogP contribution is -2.39. The summed E-state index contributed by atoms with van der Waals surface area (Å²) in [5.74, 6) is 0.568. The zero-order valence-electron chi connectivity index (χ0n) is 16.9. The quantitative estimate of drug-likeness (QED) is 0.755. The van der Waals surface area contributed by atoms with Crippen LogP contribution in [0.15, 0.2) is 42.5 Å². The number of aliphatic hydroxyl groups excluding tert-OH is 1. The van der Waals surface area contributed by atoms with Crippen LogP contribution in [0.3, 0.4) is 0 Å². The zero-order chi connectivity index (χ0) is 20.8. The van der Waals surface area contributed by atoms with Gasteiger partial charge in [0.2, 0.25) is 0 Å². The van der Waals surface area contributed by atoms with Gasteiger partial charge >= 0.3 is 0 Å². The molecule has 0 saturated heterocycles. The molecular weight excluding hydrogens is 366 g/mol. The maximum Gasteiger partial charge on any atom is 0.251 e. The SMILES string of the molecule is CC(C)NC(=O)c1cccc2c1CCCN2CC(O)COc1ccc(C#N)cc1. The van der Waals surface area contributed by atoms with Crippen LogP contribution < -0.4 is 15.0 Å². The van der Waals surface area contributed by atoms with Crippen molar-refractivity contribution in [3.63, 3.8) is 0 Å². The maximum atomic E-state index is 12.5. The van der Waals surface area contributed by atoms with Crippen molar-refractivity contribution in [2.24, 2.45) is 0 Å². The highest BCUT2D eigenvalue weighted by atomic mass is 16.5. The Hall–Kier alpha value is -3.04.